The maximum Gasteiger partial charge on any atom is 0.608 e. The Morgan fingerprint density at radius 2 is 1.60 bits per heavy atom. The summed E-state index contributed by atoms with van der Waals surface area (Å²) in [7, 11) is 4.64. The van der Waals surface area contributed by atoms with Gasteiger partial charge in [-0.25, -0.2) is 0 Å². The van der Waals surface area contributed by atoms with E-state index >= 15 is 0 Å². The Morgan fingerprint density at radius 3 is 2.16 bits per heavy atom. The quantitative estimate of drug-likeness (QED) is 0.795. The van der Waals surface area contributed by atoms with Crippen LogP contribution in [0.5, 0.6) is 23.0 Å². The molecule has 1 heterocycles. The van der Waals surface area contributed by atoms with E-state index in [1.54, 1.807) is 39.7 Å². The second kappa shape index (κ2) is 6.47. The molecule has 130 valence electrons. The number of ether oxygens (including phenoxy) is 4. The minimum atomic E-state index is -0.447. The molecule has 0 atom stereocenters. The molecule has 0 spiro atoms. The summed E-state index contributed by atoms with van der Waals surface area (Å²) in [5.41, 5.74) is 3.41. The van der Waals surface area contributed by atoms with Gasteiger partial charge in [0.1, 0.15) is 0 Å². The molecule has 0 radical (unpaired) electrons. The van der Waals surface area contributed by atoms with Crippen LogP contribution in [0.15, 0.2) is 24.3 Å². The summed E-state index contributed by atoms with van der Waals surface area (Å²) in [6, 6.07) is 7.45. The zero-order valence-electron chi connectivity index (χ0n) is 14.9. The molecule has 1 aliphatic heterocycles. The highest BCUT2D eigenvalue weighted by Gasteiger charge is 2.37. The molecule has 0 saturated carbocycles. The number of rotatable bonds is 4. The van der Waals surface area contributed by atoms with Gasteiger partial charge in [0.05, 0.1) is 21.3 Å². The predicted octanol–water partition coefficient (Wildman–Crippen LogP) is 3.60. The number of hydrogen-bond donors (Lipinski definition) is 0. The fourth-order valence-corrected chi connectivity index (χ4v) is 2.93. The fraction of sp³-hybridized carbons (Fsp3) is 0.263. The van der Waals surface area contributed by atoms with Gasteiger partial charge in [-0.1, -0.05) is 10.6 Å². The molecule has 0 aromatic heterocycles. The van der Waals surface area contributed by atoms with E-state index < -0.39 is 6.09 Å². The van der Waals surface area contributed by atoms with Crippen molar-refractivity contribution >= 4 is 18.0 Å². The van der Waals surface area contributed by atoms with Crippen molar-refractivity contribution in [2.75, 3.05) is 21.3 Å². The zero-order valence-corrected chi connectivity index (χ0v) is 14.9. The molecule has 0 unspecified atom stereocenters. The highest BCUT2D eigenvalue weighted by molar-refractivity contribution is 5.87. The average molecular weight is 342 g/mol. The van der Waals surface area contributed by atoms with Gasteiger partial charge in [-0.15, -0.1) is 0 Å². The van der Waals surface area contributed by atoms with E-state index in [2.05, 4.69) is 0 Å². The topological polar surface area (TPSA) is 57.0 Å². The standard InChI is InChI=1S/C19H20NO5/c1-11-6-12(2)17-14(7-11)20(19(21)25-17)10-13-8-15(22-3)18(24-5)16(9-13)23-4/h6-10H,1-5H3/q+1/b20-10+. The molecule has 6 heteroatoms. The van der Waals surface area contributed by atoms with Gasteiger partial charge in [0.25, 0.3) is 5.69 Å². The molecular weight excluding hydrogens is 322 g/mol. The molecule has 0 bridgehead atoms. The maximum absolute atomic E-state index is 12.3. The summed E-state index contributed by atoms with van der Waals surface area (Å²) in [5.74, 6) is 2.11. The number of carbonyl (C=O) groups excluding carboxylic acids is 1. The first-order valence-electron chi connectivity index (χ1n) is 7.75. The van der Waals surface area contributed by atoms with Crippen molar-refractivity contribution in [3.63, 3.8) is 0 Å². The van der Waals surface area contributed by atoms with Crippen molar-refractivity contribution < 1.29 is 28.3 Å². The Kier molecular flexibility index (Phi) is 4.35. The second-order valence-corrected chi connectivity index (χ2v) is 5.76. The van der Waals surface area contributed by atoms with Crippen molar-refractivity contribution in [1.29, 1.82) is 0 Å². The van der Waals surface area contributed by atoms with Crippen LogP contribution in [-0.2, 0) is 0 Å². The summed E-state index contributed by atoms with van der Waals surface area (Å²) < 4.78 is 22.9. The summed E-state index contributed by atoms with van der Waals surface area (Å²) in [6.07, 6.45) is 1.25. The van der Waals surface area contributed by atoms with E-state index in [1.807, 2.05) is 26.0 Å². The van der Waals surface area contributed by atoms with Crippen LogP contribution in [0.1, 0.15) is 16.7 Å². The Bertz CT molecular complexity index is 861. The normalized spacial score (nSPS) is 14.3. The van der Waals surface area contributed by atoms with Crippen molar-refractivity contribution in [3.8, 4) is 23.0 Å². The van der Waals surface area contributed by atoms with Gasteiger partial charge >= 0.3 is 6.09 Å². The minimum Gasteiger partial charge on any atom is -0.493 e. The van der Waals surface area contributed by atoms with Gasteiger partial charge in [0.2, 0.25) is 11.5 Å². The Hall–Kier alpha value is -3.02. The summed E-state index contributed by atoms with van der Waals surface area (Å²) in [5, 5.41) is 0. The van der Waals surface area contributed by atoms with E-state index in [-0.39, 0.29) is 0 Å². The van der Waals surface area contributed by atoms with Crippen LogP contribution in [0.2, 0.25) is 0 Å². The molecule has 0 fully saturated rings. The lowest BCUT2D eigenvalue weighted by Crippen LogP contribution is -2.14. The molecule has 0 N–H and O–H groups in total. The van der Waals surface area contributed by atoms with E-state index in [0.29, 0.717) is 23.0 Å². The first-order chi connectivity index (χ1) is 12.0. The summed E-state index contributed by atoms with van der Waals surface area (Å²) in [6.45, 7) is 3.90. The Balaban J connectivity index is 2.15. The first kappa shape index (κ1) is 16.8. The number of nitrogens with zero attached hydrogens (tertiary/aromatic N) is 1. The van der Waals surface area contributed by atoms with Crippen LogP contribution in [0.25, 0.3) is 0 Å². The Labute approximate surface area is 146 Å². The van der Waals surface area contributed by atoms with Crippen LogP contribution in [0.4, 0.5) is 10.5 Å². The lowest BCUT2D eigenvalue weighted by Gasteiger charge is -2.12. The molecule has 1 aliphatic rings. The van der Waals surface area contributed by atoms with Gasteiger partial charge in [-0.3, -0.25) is 0 Å². The lowest BCUT2D eigenvalue weighted by molar-refractivity contribution is -0.328. The van der Waals surface area contributed by atoms with Crippen LogP contribution >= 0.6 is 0 Å². The monoisotopic (exact) mass is 342 g/mol. The molecule has 25 heavy (non-hydrogen) atoms. The largest absolute Gasteiger partial charge is 0.608 e. The molecule has 3 rings (SSSR count). The van der Waals surface area contributed by atoms with Crippen LogP contribution < -0.4 is 18.9 Å². The van der Waals surface area contributed by atoms with Gasteiger partial charge in [-0.2, -0.15) is 4.79 Å². The van der Waals surface area contributed by atoms with Crippen molar-refractivity contribution in [2.24, 2.45) is 0 Å². The summed E-state index contributed by atoms with van der Waals surface area (Å²) in [4.78, 5) is 12.3. The second-order valence-electron chi connectivity index (χ2n) is 5.76. The molecule has 0 aliphatic carbocycles. The van der Waals surface area contributed by atoms with Crippen molar-refractivity contribution in [3.05, 3.63) is 41.0 Å². The molecule has 2 aromatic carbocycles. The van der Waals surface area contributed by atoms with Gasteiger partial charge < -0.3 is 18.9 Å². The molecular formula is C19H20NO5+. The lowest BCUT2D eigenvalue weighted by atomic mass is 10.1. The number of amides is 1. The Morgan fingerprint density at radius 1 is 0.960 bits per heavy atom. The maximum atomic E-state index is 12.3. The van der Waals surface area contributed by atoms with Crippen molar-refractivity contribution in [2.45, 2.75) is 13.8 Å². The zero-order chi connectivity index (χ0) is 18.1. The van der Waals surface area contributed by atoms with Crippen LogP contribution in [0.3, 0.4) is 0 Å². The number of benzene rings is 2. The highest BCUT2D eigenvalue weighted by atomic mass is 16.6. The third kappa shape index (κ3) is 2.91. The van der Waals surface area contributed by atoms with E-state index in [9.17, 15) is 4.79 Å². The predicted molar refractivity (Wildman–Crippen MR) is 93.1 cm³/mol. The van der Waals surface area contributed by atoms with Gasteiger partial charge in [0, 0.05) is 11.6 Å². The molecule has 0 saturated heterocycles. The molecule has 6 nitrogen and oxygen atoms in total. The van der Waals surface area contributed by atoms with Crippen molar-refractivity contribution in [1.82, 2.24) is 0 Å². The smallest absolute Gasteiger partial charge is 0.493 e. The third-order valence-electron chi connectivity index (χ3n) is 4.01. The number of hydrogen-bond acceptors (Lipinski definition) is 5. The molecule has 2 aromatic rings. The SMILES string of the molecule is COc1cc(/C=[N+]2/C(=O)Oc3c(C)cc(C)cc32)cc(OC)c1OC. The first-order valence-corrected chi connectivity index (χ1v) is 7.75. The van der Waals surface area contributed by atoms with Gasteiger partial charge in [-0.05, 0) is 37.1 Å². The van der Waals surface area contributed by atoms with E-state index in [4.69, 9.17) is 18.9 Å². The third-order valence-corrected chi connectivity index (χ3v) is 4.01. The fourth-order valence-electron chi connectivity index (χ4n) is 2.93. The summed E-state index contributed by atoms with van der Waals surface area (Å²) >= 11 is 0. The minimum absolute atomic E-state index is 0.447. The van der Waals surface area contributed by atoms with E-state index in [1.165, 1.54) is 4.58 Å². The van der Waals surface area contributed by atoms with Crippen LogP contribution in [0, 0.1) is 13.8 Å². The average Bonchev–Trinajstić information content (AvgIpc) is 2.90. The van der Waals surface area contributed by atoms with Crippen LogP contribution in [-0.4, -0.2) is 38.2 Å². The number of methoxy groups -OCH3 is 3. The van der Waals surface area contributed by atoms with E-state index in [0.717, 1.165) is 22.4 Å². The van der Waals surface area contributed by atoms with Gasteiger partial charge in [0.15, 0.2) is 17.7 Å². The highest BCUT2D eigenvalue weighted by Crippen LogP contribution is 2.40. The number of carbonyl (C=O) groups is 1. The number of aryl methyl sites for hydroxylation is 2. The number of fused-ring (bicyclic) bond motifs is 1. The molecule has 1 amide bonds.